The summed E-state index contributed by atoms with van der Waals surface area (Å²) in [5.41, 5.74) is 4.59. The number of ether oxygens (including phenoxy) is 1. The molecule has 0 N–H and O–H groups in total. The van der Waals surface area contributed by atoms with Crippen molar-refractivity contribution in [1.29, 1.82) is 0 Å². The van der Waals surface area contributed by atoms with Gasteiger partial charge in [0.05, 0.1) is 17.4 Å². The van der Waals surface area contributed by atoms with Gasteiger partial charge in [0.1, 0.15) is 6.10 Å². The normalized spacial score (nSPS) is 34.9. The highest BCUT2D eigenvalue weighted by Gasteiger charge is 2.59. The van der Waals surface area contributed by atoms with Crippen molar-refractivity contribution >= 4 is 17.0 Å². The summed E-state index contributed by atoms with van der Waals surface area (Å²) < 4.78 is 8.24. The maximum absolute atomic E-state index is 12.8. The van der Waals surface area contributed by atoms with Gasteiger partial charge in [0, 0.05) is 19.4 Å². The number of benzene rings is 1. The van der Waals surface area contributed by atoms with E-state index in [0.717, 1.165) is 72.3 Å². The molecule has 0 spiro atoms. The average Bonchev–Trinajstić information content (AvgIpc) is 3.54. The van der Waals surface area contributed by atoms with Crippen LogP contribution in [-0.4, -0.2) is 21.6 Å². The summed E-state index contributed by atoms with van der Waals surface area (Å²) in [7, 11) is 0. The van der Waals surface area contributed by atoms with Gasteiger partial charge in [-0.25, -0.2) is 4.98 Å². The van der Waals surface area contributed by atoms with Crippen LogP contribution >= 0.6 is 0 Å². The van der Waals surface area contributed by atoms with E-state index in [4.69, 9.17) is 4.74 Å². The molecular formula is C38H56N2O2. The Morgan fingerprint density at radius 1 is 1.02 bits per heavy atom. The number of para-hydroxylation sites is 2. The molecule has 4 aliphatic rings. The first kappa shape index (κ1) is 29.9. The molecule has 8 unspecified atom stereocenters. The summed E-state index contributed by atoms with van der Waals surface area (Å²) in [6.45, 7) is 13.4. The van der Waals surface area contributed by atoms with Gasteiger partial charge in [-0.1, -0.05) is 77.7 Å². The second-order valence-electron chi connectivity index (χ2n) is 15.7. The quantitative estimate of drug-likeness (QED) is 0.210. The fourth-order valence-corrected chi connectivity index (χ4v) is 10.6. The van der Waals surface area contributed by atoms with Crippen LogP contribution in [-0.2, 0) is 16.1 Å². The zero-order chi connectivity index (χ0) is 29.5. The second-order valence-corrected chi connectivity index (χ2v) is 15.7. The van der Waals surface area contributed by atoms with Gasteiger partial charge < -0.3 is 9.30 Å². The predicted molar refractivity (Wildman–Crippen MR) is 172 cm³/mol. The minimum atomic E-state index is -0.0322. The Hall–Kier alpha value is -2.10. The number of carbonyl (C=O) groups is 1. The number of nitrogens with zero attached hydrogens (tertiary/aromatic N) is 2. The van der Waals surface area contributed by atoms with Crippen molar-refractivity contribution in [2.24, 2.45) is 46.3 Å². The lowest BCUT2D eigenvalue weighted by atomic mass is 9.47. The minimum absolute atomic E-state index is 0.0322. The highest BCUT2D eigenvalue weighted by Crippen LogP contribution is 2.67. The number of carbonyl (C=O) groups excluding carboxylic acids is 1. The van der Waals surface area contributed by atoms with E-state index in [1.807, 2.05) is 24.5 Å². The lowest BCUT2D eigenvalue weighted by Crippen LogP contribution is -2.51. The van der Waals surface area contributed by atoms with E-state index in [2.05, 4.69) is 56.3 Å². The van der Waals surface area contributed by atoms with Gasteiger partial charge >= 0.3 is 5.97 Å². The van der Waals surface area contributed by atoms with E-state index in [9.17, 15) is 4.79 Å². The Morgan fingerprint density at radius 3 is 2.69 bits per heavy atom. The van der Waals surface area contributed by atoms with Crippen molar-refractivity contribution < 1.29 is 9.53 Å². The SMILES string of the molecule is CC(C)CCCC(C)C1CCC2C3CC=C4CC(OC(=O)CCCn5cnc6ccccc65)CCC4(C)C3CCC12C. The van der Waals surface area contributed by atoms with E-state index in [1.165, 1.54) is 57.8 Å². The van der Waals surface area contributed by atoms with Crippen molar-refractivity contribution in [1.82, 2.24) is 9.55 Å². The number of hydrogen-bond donors (Lipinski definition) is 0. The molecule has 0 bridgehead atoms. The van der Waals surface area contributed by atoms with E-state index in [-0.39, 0.29) is 12.1 Å². The summed E-state index contributed by atoms with van der Waals surface area (Å²) in [6, 6.07) is 8.18. The van der Waals surface area contributed by atoms with Crippen molar-refractivity contribution in [2.45, 2.75) is 131 Å². The van der Waals surface area contributed by atoms with Crippen LogP contribution in [0.1, 0.15) is 118 Å². The van der Waals surface area contributed by atoms with Crippen LogP contribution in [0.3, 0.4) is 0 Å². The molecule has 3 saturated carbocycles. The molecule has 6 rings (SSSR count). The molecule has 0 amide bonds. The Labute approximate surface area is 255 Å². The Bertz CT molecular complexity index is 1280. The number of aryl methyl sites for hydroxylation is 1. The largest absolute Gasteiger partial charge is 0.462 e. The van der Waals surface area contributed by atoms with E-state index in [1.54, 1.807) is 5.57 Å². The lowest BCUT2D eigenvalue weighted by molar-refractivity contribution is -0.151. The average molecular weight is 573 g/mol. The van der Waals surface area contributed by atoms with Crippen LogP contribution < -0.4 is 0 Å². The lowest BCUT2D eigenvalue weighted by Gasteiger charge is -2.58. The van der Waals surface area contributed by atoms with Crippen LogP contribution in [0, 0.1) is 46.3 Å². The van der Waals surface area contributed by atoms with Gasteiger partial charge in [-0.2, -0.15) is 0 Å². The standard InChI is InChI=1S/C38H56N2O2/c1-26(2)10-8-11-27(3)31-17-18-32-30-16-15-28-24-29(19-21-37(28,4)33(30)20-22-38(31,32)5)42-36(41)14-9-23-40-25-39-34-12-6-7-13-35(34)40/h6-7,12-13,15,25-27,29-33H,8-11,14,16-24H2,1-5H3. The van der Waals surface area contributed by atoms with E-state index < -0.39 is 0 Å². The summed E-state index contributed by atoms with van der Waals surface area (Å²) in [4.78, 5) is 17.3. The third-order valence-corrected chi connectivity index (χ3v) is 12.9. The first-order valence-corrected chi connectivity index (χ1v) is 17.5. The van der Waals surface area contributed by atoms with Gasteiger partial charge in [-0.05, 0) is 110 Å². The third kappa shape index (κ3) is 5.61. The maximum Gasteiger partial charge on any atom is 0.306 e. The number of esters is 1. The van der Waals surface area contributed by atoms with Gasteiger partial charge in [-0.15, -0.1) is 0 Å². The van der Waals surface area contributed by atoms with Gasteiger partial charge in [0.15, 0.2) is 0 Å². The second kappa shape index (κ2) is 12.1. The summed E-state index contributed by atoms with van der Waals surface area (Å²) >= 11 is 0. The number of rotatable bonds is 10. The highest BCUT2D eigenvalue weighted by atomic mass is 16.5. The van der Waals surface area contributed by atoms with Crippen molar-refractivity contribution in [3.05, 3.63) is 42.2 Å². The Balaban J connectivity index is 1.03. The highest BCUT2D eigenvalue weighted by molar-refractivity contribution is 5.75. The number of imidazole rings is 1. The molecule has 230 valence electrons. The number of allylic oxidation sites excluding steroid dienone is 1. The number of aromatic nitrogens is 2. The molecule has 4 aliphatic carbocycles. The van der Waals surface area contributed by atoms with Crippen LogP contribution in [0.15, 0.2) is 42.2 Å². The molecule has 42 heavy (non-hydrogen) atoms. The number of hydrogen-bond acceptors (Lipinski definition) is 3. The van der Waals surface area contributed by atoms with Gasteiger partial charge in [-0.3, -0.25) is 4.79 Å². The maximum atomic E-state index is 12.8. The van der Waals surface area contributed by atoms with E-state index in [0.29, 0.717) is 17.3 Å². The van der Waals surface area contributed by atoms with Crippen molar-refractivity contribution in [2.75, 3.05) is 0 Å². The third-order valence-electron chi connectivity index (χ3n) is 12.9. The predicted octanol–water partition coefficient (Wildman–Crippen LogP) is 9.77. The molecule has 1 aromatic heterocycles. The zero-order valence-electron chi connectivity index (χ0n) is 27.1. The van der Waals surface area contributed by atoms with Crippen LogP contribution in [0.5, 0.6) is 0 Å². The molecule has 4 nitrogen and oxygen atoms in total. The smallest absolute Gasteiger partial charge is 0.306 e. The topological polar surface area (TPSA) is 44.1 Å². The Morgan fingerprint density at radius 2 is 1.86 bits per heavy atom. The van der Waals surface area contributed by atoms with E-state index >= 15 is 0 Å². The molecule has 4 heteroatoms. The van der Waals surface area contributed by atoms with Crippen LogP contribution in [0.4, 0.5) is 0 Å². The summed E-state index contributed by atoms with van der Waals surface area (Å²) in [5.74, 6) is 5.13. The molecule has 1 heterocycles. The van der Waals surface area contributed by atoms with Crippen LogP contribution in [0.2, 0.25) is 0 Å². The first-order chi connectivity index (χ1) is 20.2. The molecule has 0 radical (unpaired) electrons. The zero-order valence-corrected chi connectivity index (χ0v) is 27.1. The molecule has 1 aromatic carbocycles. The summed E-state index contributed by atoms with van der Waals surface area (Å²) in [5, 5.41) is 0. The fourth-order valence-electron chi connectivity index (χ4n) is 10.6. The summed E-state index contributed by atoms with van der Waals surface area (Å²) in [6.07, 6.45) is 20.1. The molecule has 2 aromatic rings. The minimum Gasteiger partial charge on any atom is -0.462 e. The van der Waals surface area contributed by atoms with Crippen molar-refractivity contribution in [3.8, 4) is 0 Å². The number of fused-ring (bicyclic) bond motifs is 6. The Kier molecular flexibility index (Phi) is 8.64. The fraction of sp³-hybridized carbons (Fsp3) is 0.737. The molecule has 3 fully saturated rings. The first-order valence-electron chi connectivity index (χ1n) is 17.5. The monoisotopic (exact) mass is 572 g/mol. The molecule has 8 atom stereocenters. The van der Waals surface area contributed by atoms with Gasteiger partial charge in [0.2, 0.25) is 0 Å². The van der Waals surface area contributed by atoms with Crippen LogP contribution in [0.25, 0.3) is 11.0 Å². The van der Waals surface area contributed by atoms with Crippen molar-refractivity contribution in [3.63, 3.8) is 0 Å². The molecule has 0 aliphatic heterocycles. The molecule has 0 saturated heterocycles. The molecular weight excluding hydrogens is 516 g/mol. The van der Waals surface area contributed by atoms with Gasteiger partial charge in [0.25, 0.3) is 0 Å².